The van der Waals surface area contributed by atoms with Crippen molar-refractivity contribution >= 4 is 36.9 Å². The highest BCUT2D eigenvalue weighted by Gasteiger charge is 2.13. The van der Waals surface area contributed by atoms with Gasteiger partial charge in [-0.25, -0.2) is 0 Å². The molecular formula is C6H13ClN2O3S. The van der Waals surface area contributed by atoms with Crippen LogP contribution >= 0.6 is 25.0 Å². The van der Waals surface area contributed by atoms with Crippen LogP contribution in [0.4, 0.5) is 0 Å². The van der Waals surface area contributed by atoms with Crippen molar-refractivity contribution in [1.82, 2.24) is 10.6 Å². The van der Waals surface area contributed by atoms with E-state index in [2.05, 4.69) is 23.3 Å². The van der Waals surface area contributed by atoms with Gasteiger partial charge >= 0.3 is 5.97 Å². The molecule has 0 aromatic carbocycles. The Morgan fingerprint density at radius 2 is 2.08 bits per heavy atom. The minimum atomic E-state index is -0.977. The maximum Gasteiger partial charge on any atom is 0.321 e. The van der Waals surface area contributed by atoms with Crippen LogP contribution in [0.25, 0.3) is 0 Å². The van der Waals surface area contributed by atoms with Crippen LogP contribution in [0.15, 0.2) is 0 Å². The first-order valence-electron chi connectivity index (χ1n) is 3.39. The Labute approximate surface area is 88.1 Å². The van der Waals surface area contributed by atoms with Gasteiger partial charge in [-0.05, 0) is 0 Å². The molecule has 13 heavy (non-hydrogen) atoms. The maximum atomic E-state index is 10.4. The third-order valence-electron chi connectivity index (χ3n) is 1.17. The van der Waals surface area contributed by atoms with E-state index in [1.54, 1.807) is 0 Å². The number of aliphatic carboxylic acids is 1. The molecule has 3 N–H and O–H groups in total. The molecule has 0 aliphatic heterocycles. The molecule has 0 heterocycles. The van der Waals surface area contributed by atoms with Crippen LogP contribution in [-0.4, -0.2) is 35.4 Å². The van der Waals surface area contributed by atoms with Gasteiger partial charge in [0.1, 0.15) is 6.04 Å². The van der Waals surface area contributed by atoms with Crippen molar-refractivity contribution < 1.29 is 14.7 Å². The molecule has 0 fully saturated rings. The van der Waals surface area contributed by atoms with Crippen LogP contribution in [0.1, 0.15) is 6.92 Å². The quantitative estimate of drug-likeness (QED) is 0.377. The molecule has 1 atom stereocenters. The zero-order valence-electron chi connectivity index (χ0n) is 7.11. The molecule has 0 saturated carbocycles. The molecule has 0 radical (unpaired) electrons. The summed E-state index contributed by atoms with van der Waals surface area (Å²) in [7, 11) is 0. The molecule has 0 bridgehead atoms. The molecule has 0 rings (SSSR count). The van der Waals surface area contributed by atoms with E-state index in [1.165, 1.54) is 6.92 Å². The van der Waals surface area contributed by atoms with Gasteiger partial charge in [0.05, 0.1) is 6.67 Å². The predicted octanol–water partition coefficient (Wildman–Crippen LogP) is -0.526. The lowest BCUT2D eigenvalue weighted by atomic mass is 10.3. The van der Waals surface area contributed by atoms with Gasteiger partial charge < -0.3 is 10.4 Å². The highest BCUT2D eigenvalue weighted by atomic mass is 35.5. The number of carboxylic acid groups (broad SMARTS) is 1. The van der Waals surface area contributed by atoms with E-state index < -0.39 is 12.0 Å². The van der Waals surface area contributed by atoms with Gasteiger partial charge in [-0.3, -0.25) is 14.9 Å². The average molecular weight is 229 g/mol. The van der Waals surface area contributed by atoms with Crippen LogP contribution in [-0.2, 0) is 9.59 Å². The fourth-order valence-corrected chi connectivity index (χ4v) is 0.814. The highest BCUT2D eigenvalue weighted by molar-refractivity contribution is 7.80. The number of hydrogen-bond donors (Lipinski definition) is 4. The maximum absolute atomic E-state index is 10.4. The Balaban J connectivity index is 0. The van der Waals surface area contributed by atoms with E-state index >= 15 is 0 Å². The first kappa shape index (κ1) is 15.0. The van der Waals surface area contributed by atoms with Crippen molar-refractivity contribution in [2.45, 2.75) is 13.0 Å². The number of halogens is 1. The van der Waals surface area contributed by atoms with E-state index in [0.29, 0.717) is 0 Å². The lowest BCUT2D eigenvalue weighted by Crippen LogP contribution is -2.44. The largest absolute Gasteiger partial charge is 0.480 e. The fraction of sp³-hybridized carbons (Fsp3) is 0.667. The number of carbonyl (C=O) groups is 2. The molecular weight excluding hydrogens is 216 g/mol. The molecule has 1 amide bonds. The topological polar surface area (TPSA) is 78.4 Å². The number of thiol groups is 1. The Morgan fingerprint density at radius 1 is 1.54 bits per heavy atom. The standard InChI is InChI=1S/C6H12N2O3S.ClH/c1-4(9)7-3-8-5(2-12)6(10)11;/h5,8,12H,2-3H2,1H3,(H,7,9)(H,10,11);1H. The van der Waals surface area contributed by atoms with E-state index in [9.17, 15) is 9.59 Å². The number of carboxylic acids is 1. The predicted molar refractivity (Wildman–Crippen MR) is 54.3 cm³/mol. The summed E-state index contributed by atoms with van der Waals surface area (Å²) in [6.45, 7) is 1.50. The van der Waals surface area contributed by atoms with E-state index in [4.69, 9.17) is 5.11 Å². The van der Waals surface area contributed by atoms with Crippen molar-refractivity contribution in [2.75, 3.05) is 12.4 Å². The molecule has 0 aliphatic rings. The van der Waals surface area contributed by atoms with Crippen LogP contribution < -0.4 is 10.6 Å². The normalized spacial score (nSPS) is 11.2. The summed E-state index contributed by atoms with van der Waals surface area (Å²) in [6.07, 6.45) is 0. The van der Waals surface area contributed by atoms with Crippen molar-refractivity contribution in [1.29, 1.82) is 0 Å². The summed E-state index contributed by atoms with van der Waals surface area (Å²) in [6, 6.07) is -0.722. The monoisotopic (exact) mass is 228 g/mol. The van der Waals surface area contributed by atoms with Crippen molar-refractivity contribution in [3.8, 4) is 0 Å². The third kappa shape index (κ3) is 7.89. The second-order valence-electron chi connectivity index (χ2n) is 2.19. The second-order valence-corrected chi connectivity index (χ2v) is 2.55. The third-order valence-corrected chi connectivity index (χ3v) is 1.53. The minimum absolute atomic E-state index is 0. The molecule has 0 aromatic heterocycles. The summed E-state index contributed by atoms with van der Waals surface area (Å²) in [4.78, 5) is 20.7. The average Bonchev–Trinajstić information content (AvgIpc) is 1.96. The van der Waals surface area contributed by atoms with Gasteiger partial charge in [0.2, 0.25) is 5.91 Å². The zero-order chi connectivity index (χ0) is 9.56. The first-order valence-corrected chi connectivity index (χ1v) is 4.02. The lowest BCUT2D eigenvalue weighted by molar-refractivity contribution is -0.139. The number of carbonyl (C=O) groups excluding carboxylic acids is 1. The van der Waals surface area contributed by atoms with Gasteiger partial charge in [-0.15, -0.1) is 12.4 Å². The summed E-state index contributed by atoms with van der Waals surface area (Å²) < 4.78 is 0. The van der Waals surface area contributed by atoms with Crippen LogP contribution in [0.5, 0.6) is 0 Å². The molecule has 7 heteroatoms. The van der Waals surface area contributed by atoms with Crippen molar-refractivity contribution in [3.63, 3.8) is 0 Å². The summed E-state index contributed by atoms with van der Waals surface area (Å²) in [5.74, 6) is -0.990. The number of hydrogen-bond acceptors (Lipinski definition) is 4. The van der Waals surface area contributed by atoms with E-state index in [1.807, 2.05) is 0 Å². The number of nitrogens with one attached hydrogen (secondary N) is 2. The Bertz CT molecular complexity index is 179. The summed E-state index contributed by atoms with van der Waals surface area (Å²) >= 11 is 3.82. The molecule has 0 aromatic rings. The van der Waals surface area contributed by atoms with Gasteiger partial charge in [0.25, 0.3) is 0 Å². The lowest BCUT2D eigenvalue weighted by Gasteiger charge is -2.11. The van der Waals surface area contributed by atoms with Crippen LogP contribution in [0.3, 0.4) is 0 Å². The van der Waals surface area contributed by atoms with Crippen LogP contribution in [0, 0.1) is 0 Å². The smallest absolute Gasteiger partial charge is 0.321 e. The first-order chi connectivity index (χ1) is 5.57. The zero-order valence-corrected chi connectivity index (χ0v) is 8.82. The van der Waals surface area contributed by atoms with Gasteiger partial charge in [-0.1, -0.05) is 0 Å². The SMILES string of the molecule is CC(=O)NCNC(CS)C(=O)O.Cl. The Morgan fingerprint density at radius 3 is 2.38 bits per heavy atom. The van der Waals surface area contributed by atoms with Crippen molar-refractivity contribution in [3.05, 3.63) is 0 Å². The molecule has 78 valence electrons. The number of amides is 1. The van der Waals surface area contributed by atoms with Gasteiger partial charge in [0, 0.05) is 12.7 Å². The van der Waals surface area contributed by atoms with Crippen molar-refractivity contribution in [2.24, 2.45) is 0 Å². The second kappa shape index (κ2) is 8.15. The van der Waals surface area contributed by atoms with E-state index in [-0.39, 0.29) is 30.7 Å². The van der Waals surface area contributed by atoms with E-state index in [0.717, 1.165) is 0 Å². The summed E-state index contributed by atoms with van der Waals surface area (Å²) in [5, 5.41) is 13.5. The highest BCUT2D eigenvalue weighted by Crippen LogP contribution is 1.86. The molecule has 0 spiro atoms. The number of rotatable bonds is 5. The molecule has 1 unspecified atom stereocenters. The fourth-order valence-electron chi connectivity index (χ4n) is 0.529. The molecule has 0 saturated heterocycles. The van der Waals surface area contributed by atoms with Gasteiger partial charge in [0.15, 0.2) is 0 Å². The Kier molecular flexibility index (Phi) is 9.43. The Hall–Kier alpha value is -0.460. The molecule has 5 nitrogen and oxygen atoms in total. The van der Waals surface area contributed by atoms with Crippen LogP contribution in [0.2, 0.25) is 0 Å². The van der Waals surface area contributed by atoms with Gasteiger partial charge in [-0.2, -0.15) is 12.6 Å². The minimum Gasteiger partial charge on any atom is -0.480 e. The molecule has 0 aliphatic carbocycles. The summed E-state index contributed by atoms with van der Waals surface area (Å²) in [5.41, 5.74) is 0.